The SMILES string of the molecule is O=C(c1ccccc1)[C@H]1[C@H](C(=O)c2ccccc2)[C@@]2(C(=O)N(Cc3ccccc3)c3ccccc32)[C@@H]2Sc3ccccc3N21. The van der Waals surface area contributed by atoms with E-state index in [0.29, 0.717) is 17.7 Å². The van der Waals surface area contributed by atoms with Crippen LogP contribution in [0.1, 0.15) is 31.8 Å². The van der Waals surface area contributed by atoms with Crippen molar-refractivity contribution in [3.05, 3.63) is 162 Å². The van der Waals surface area contributed by atoms with Crippen molar-refractivity contribution in [1.82, 2.24) is 0 Å². The summed E-state index contributed by atoms with van der Waals surface area (Å²) in [5.41, 5.74) is 3.17. The minimum Gasteiger partial charge on any atom is -0.346 e. The second-order valence-electron chi connectivity index (χ2n) is 11.5. The molecule has 3 aliphatic heterocycles. The number of hydrogen-bond acceptors (Lipinski definition) is 5. The fraction of sp³-hybridized carbons (Fsp3) is 0.132. The number of amides is 1. The lowest BCUT2D eigenvalue weighted by Crippen LogP contribution is -2.52. The molecule has 0 bridgehead atoms. The van der Waals surface area contributed by atoms with Crippen molar-refractivity contribution in [2.24, 2.45) is 5.92 Å². The van der Waals surface area contributed by atoms with Crippen LogP contribution in [0, 0.1) is 5.92 Å². The van der Waals surface area contributed by atoms with Crippen molar-refractivity contribution in [3.63, 3.8) is 0 Å². The highest BCUT2D eigenvalue weighted by Crippen LogP contribution is 2.65. The number of rotatable bonds is 6. The third kappa shape index (κ3) is 3.77. The Morgan fingerprint density at radius 3 is 1.86 bits per heavy atom. The van der Waals surface area contributed by atoms with Crippen molar-refractivity contribution >= 4 is 40.6 Å². The molecular formula is C38H28N2O3S. The second-order valence-corrected chi connectivity index (χ2v) is 12.6. The van der Waals surface area contributed by atoms with Gasteiger partial charge in [-0.05, 0) is 29.3 Å². The van der Waals surface area contributed by atoms with Crippen LogP contribution < -0.4 is 9.80 Å². The highest BCUT2D eigenvalue weighted by atomic mass is 32.2. The standard InChI is InChI=1S/C38H28N2O3S/c41-34(26-16-6-2-7-17-26)32-33(35(42)27-18-8-3-9-19-27)40-30-22-12-13-23-31(30)44-37(40)38(32)28-20-10-11-21-29(28)39(36(38)43)24-25-14-4-1-5-15-25/h1-23,32-33,37H,24H2/t32-,33-,37+,38+/m1/s1. The van der Waals surface area contributed by atoms with Gasteiger partial charge in [0.15, 0.2) is 11.6 Å². The molecule has 3 aliphatic rings. The van der Waals surface area contributed by atoms with Crippen LogP contribution in [0.3, 0.4) is 0 Å². The average Bonchev–Trinajstić information content (AvgIpc) is 3.68. The molecular weight excluding hydrogens is 564 g/mol. The van der Waals surface area contributed by atoms with Gasteiger partial charge in [0, 0.05) is 21.7 Å². The zero-order chi connectivity index (χ0) is 29.8. The molecule has 214 valence electrons. The van der Waals surface area contributed by atoms with Crippen LogP contribution in [-0.4, -0.2) is 28.9 Å². The van der Waals surface area contributed by atoms with E-state index >= 15 is 4.79 Å². The molecule has 1 spiro atoms. The van der Waals surface area contributed by atoms with Crippen molar-refractivity contribution in [3.8, 4) is 0 Å². The monoisotopic (exact) mass is 592 g/mol. The van der Waals surface area contributed by atoms with Gasteiger partial charge in [-0.25, -0.2) is 0 Å². The van der Waals surface area contributed by atoms with Crippen LogP contribution in [0.4, 0.5) is 11.4 Å². The summed E-state index contributed by atoms with van der Waals surface area (Å²) in [5, 5.41) is -0.496. The largest absolute Gasteiger partial charge is 0.346 e. The molecule has 8 rings (SSSR count). The molecule has 5 aromatic rings. The molecule has 0 N–H and O–H groups in total. The van der Waals surface area contributed by atoms with Gasteiger partial charge >= 0.3 is 0 Å². The highest BCUT2D eigenvalue weighted by Gasteiger charge is 2.73. The molecule has 0 unspecified atom stereocenters. The summed E-state index contributed by atoms with van der Waals surface area (Å²) in [6, 6.07) is 43.1. The predicted octanol–water partition coefficient (Wildman–Crippen LogP) is 7.17. The Labute approximate surface area is 260 Å². The zero-order valence-electron chi connectivity index (χ0n) is 23.7. The lowest BCUT2D eigenvalue weighted by molar-refractivity contribution is -0.123. The summed E-state index contributed by atoms with van der Waals surface area (Å²) in [7, 11) is 0. The van der Waals surface area contributed by atoms with E-state index in [4.69, 9.17) is 0 Å². The number of Topliss-reactive ketones (excluding diaryl/α,β-unsaturated/α-hetero) is 2. The van der Waals surface area contributed by atoms with E-state index in [1.54, 1.807) is 36.0 Å². The topological polar surface area (TPSA) is 57.7 Å². The summed E-state index contributed by atoms with van der Waals surface area (Å²) in [5.74, 6) is -1.46. The van der Waals surface area contributed by atoms with E-state index in [0.717, 1.165) is 27.4 Å². The predicted molar refractivity (Wildman–Crippen MR) is 173 cm³/mol. The Bertz CT molecular complexity index is 1910. The van der Waals surface area contributed by atoms with Crippen LogP contribution in [0.5, 0.6) is 0 Å². The summed E-state index contributed by atoms with van der Waals surface area (Å²) < 4.78 is 0. The molecule has 5 nitrogen and oxygen atoms in total. The number of hydrogen-bond donors (Lipinski definition) is 0. The molecule has 0 radical (unpaired) electrons. The first-order valence-electron chi connectivity index (χ1n) is 14.8. The normalized spacial score (nSPS) is 23.0. The first-order valence-corrected chi connectivity index (χ1v) is 15.7. The van der Waals surface area contributed by atoms with Crippen molar-refractivity contribution in [2.75, 3.05) is 9.80 Å². The molecule has 1 amide bonds. The number of thioether (sulfide) groups is 1. The van der Waals surface area contributed by atoms with Crippen molar-refractivity contribution in [2.45, 2.75) is 28.3 Å². The number of para-hydroxylation sites is 2. The van der Waals surface area contributed by atoms with Gasteiger partial charge in [-0.2, -0.15) is 0 Å². The number of carbonyl (C=O) groups is 3. The van der Waals surface area contributed by atoms with Crippen LogP contribution in [-0.2, 0) is 16.8 Å². The number of benzene rings is 5. The fourth-order valence-electron chi connectivity index (χ4n) is 7.40. The molecule has 0 aliphatic carbocycles. The Hall–Kier alpha value is -4.94. The minimum absolute atomic E-state index is 0.143. The van der Waals surface area contributed by atoms with E-state index in [1.807, 2.05) is 120 Å². The van der Waals surface area contributed by atoms with Gasteiger partial charge in [-0.3, -0.25) is 14.4 Å². The third-order valence-corrected chi connectivity index (χ3v) is 10.6. The molecule has 44 heavy (non-hydrogen) atoms. The Kier molecular flexibility index (Phi) is 6.27. The first-order chi connectivity index (χ1) is 21.6. The van der Waals surface area contributed by atoms with Crippen molar-refractivity contribution < 1.29 is 14.4 Å². The summed E-state index contributed by atoms with van der Waals surface area (Å²) in [6.45, 7) is 0.367. The van der Waals surface area contributed by atoms with Gasteiger partial charge in [-0.15, -0.1) is 0 Å². The molecule has 4 atom stereocenters. The van der Waals surface area contributed by atoms with Crippen LogP contribution in [0.2, 0.25) is 0 Å². The Balaban J connectivity index is 1.40. The lowest BCUT2D eigenvalue weighted by atomic mass is 9.67. The van der Waals surface area contributed by atoms with Gasteiger partial charge in [0.05, 0.1) is 23.5 Å². The van der Waals surface area contributed by atoms with Gasteiger partial charge in [0.2, 0.25) is 5.91 Å². The number of ketones is 2. The highest BCUT2D eigenvalue weighted by molar-refractivity contribution is 8.00. The average molecular weight is 593 g/mol. The maximum Gasteiger partial charge on any atom is 0.241 e. The number of fused-ring (bicyclic) bond motifs is 6. The zero-order valence-corrected chi connectivity index (χ0v) is 24.6. The van der Waals surface area contributed by atoms with Crippen molar-refractivity contribution in [1.29, 1.82) is 0 Å². The van der Waals surface area contributed by atoms with E-state index in [-0.39, 0.29) is 17.5 Å². The summed E-state index contributed by atoms with van der Waals surface area (Å²) in [6.07, 6.45) is 0. The van der Waals surface area contributed by atoms with E-state index in [9.17, 15) is 9.59 Å². The van der Waals surface area contributed by atoms with Gasteiger partial charge in [-0.1, -0.05) is 133 Å². The first kappa shape index (κ1) is 26.7. The molecule has 0 aromatic heterocycles. The lowest BCUT2D eigenvalue weighted by Gasteiger charge is -2.33. The van der Waals surface area contributed by atoms with Crippen LogP contribution in [0.15, 0.2) is 144 Å². The molecule has 6 heteroatoms. The Morgan fingerprint density at radius 1 is 0.636 bits per heavy atom. The van der Waals surface area contributed by atoms with E-state index in [1.165, 1.54) is 0 Å². The third-order valence-electron chi connectivity index (χ3n) is 9.22. The molecule has 1 fully saturated rings. The molecule has 0 saturated carbocycles. The maximum absolute atomic E-state index is 15.4. The quantitative estimate of drug-likeness (QED) is 0.196. The fourth-order valence-corrected chi connectivity index (χ4v) is 9.01. The number of carbonyl (C=O) groups excluding carboxylic acids is 3. The molecule has 1 saturated heterocycles. The van der Waals surface area contributed by atoms with E-state index in [2.05, 4.69) is 4.90 Å². The summed E-state index contributed by atoms with van der Waals surface area (Å²) >= 11 is 1.59. The maximum atomic E-state index is 15.4. The number of anilines is 2. The van der Waals surface area contributed by atoms with Crippen LogP contribution >= 0.6 is 11.8 Å². The van der Waals surface area contributed by atoms with E-state index < -0.39 is 22.7 Å². The number of nitrogens with zero attached hydrogens (tertiary/aromatic N) is 2. The molecule has 5 aromatic carbocycles. The smallest absolute Gasteiger partial charge is 0.241 e. The Morgan fingerprint density at radius 2 is 1.18 bits per heavy atom. The molecule has 3 heterocycles. The second kappa shape index (κ2) is 10.4. The van der Waals surface area contributed by atoms with Crippen LogP contribution in [0.25, 0.3) is 0 Å². The minimum atomic E-state index is -1.31. The summed E-state index contributed by atoms with van der Waals surface area (Å²) in [4.78, 5) is 50.0. The van der Waals surface area contributed by atoms with Gasteiger partial charge < -0.3 is 9.80 Å². The van der Waals surface area contributed by atoms with Gasteiger partial charge in [0.25, 0.3) is 0 Å². The van der Waals surface area contributed by atoms with Gasteiger partial charge in [0.1, 0.15) is 11.5 Å².